The van der Waals surface area contributed by atoms with E-state index >= 15 is 0 Å². The number of benzene rings is 2. The zero-order chi connectivity index (χ0) is 21.2. The Bertz CT molecular complexity index is 971. The minimum absolute atomic E-state index is 0.0337. The molecule has 2 aromatic carbocycles. The highest BCUT2D eigenvalue weighted by Gasteiger charge is 2.09. The van der Waals surface area contributed by atoms with Crippen molar-refractivity contribution in [2.24, 2.45) is 5.16 Å². The number of nitrogens with zero attached hydrogens (tertiary/aromatic N) is 2. The lowest BCUT2D eigenvalue weighted by atomic mass is 10.1. The summed E-state index contributed by atoms with van der Waals surface area (Å²) in [4.78, 5) is 29.2. The molecule has 0 saturated carbocycles. The number of carbonyl (C=O) groups is 2. The van der Waals surface area contributed by atoms with E-state index in [0.29, 0.717) is 5.71 Å². The molecule has 29 heavy (non-hydrogen) atoms. The molecule has 0 aromatic heterocycles. The number of esters is 1. The minimum atomic E-state index is -0.624. The smallest absolute Gasteiger partial charge is 0.348 e. The molecule has 2 aromatic rings. The summed E-state index contributed by atoms with van der Waals surface area (Å²) in [6.45, 7) is 4.99. The number of hydrogen-bond donors (Lipinski definition) is 0. The molecule has 0 unspecified atom stereocenters. The Kier molecular flexibility index (Phi) is 8.19. The quantitative estimate of drug-likeness (QED) is 0.166. The highest BCUT2D eigenvalue weighted by atomic mass is 32.2. The second-order valence-corrected chi connectivity index (χ2v) is 6.99. The third-order valence-corrected chi connectivity index (χ3v) is 4.64. The fourth-order valence-corrected chi connectivity index (χ4v) is 3.05. The van der Waals surface area contributed by atoms with Crippen molar-refractivity contribution in [2.45, 2.75) is 30.6 Å². The topological polar surface area (TPSA) is 88.8 Å². The third kappa shape index (κ3) is 6.94. The van der Waals surface area contributed by atoms with E-state index in [1.165, 1.54) is 13.0 Å². The van der Waals surface area contributed by atoms with Gasteiger partial charge in [-0.1, -0.05) is 41.2 Å². The fraction of sp³-hybridized carbons (Fsp3) is 0.182. The van der Waals surface area contributed by atoms with Gasteiger partial charge in [0, 0.05) is 16.7 Å². The summed E-state index contributed by atoms with van der Waals surface area (Å²) in [5.74, 6) is -1.08. The van der Waals surface area contributed by atoms with Gasteiger partial charge < -0.3 is 9.57 Å². The number of hydrogen-bond acceptors (Lipinski definition) is 7. The van der Waals surface area contributed by atoms with Crippen molar-refractivity contribution in [3.8, 4) is 6.07 Å². The highest BCUT2D eigenvalue weighted by molar-refractivity contribution is 7.99. The van der Waals surface area contributed by atoms with Crippen molar-refractivity contribution in [1.29, 1.82) is 5.26 Å². The normalized spacial score (nSPS) is 11.5. The van der Waals surface area contributed by atoms with Crippen LogP contribution in [0.1, 0.15) is 31.9 Å². The first kappa shape index (κ1) is 21.9. The molecule has 0 spiro atoms. The van der Waals surface area contributed by atoms with Crippen LogP contribution in [0.2, 0.25) is 0 Å². The van der Waals surface area contributed by atoms with Crippen LogP contribution in [0.3, 0.4) is 0 Å². The van der Waals surface area contributed by atoms with Crippen molar-refractivity contribution < 1.29 is 19.2 Å². The Balaban J connectivity index is 2.06. The summed E-state index contributed by atoms with van der Waals surface area (Å²) >= 11 is 1.57. The third-order valence-electron chi connectivity index (χ3n) is 3.63. The van der Waals surface area contributed by atoms with E-state index in [0.717, 1.165) is 20.9 Å². The van der Waals surface area contributed by atoms with E-state index in [1.54, 1.807) is 25.6 Å². The summed E-state index contributed by atoms with van der Waals surface area (Å²) < 4.78 is 4.86. The van der Waals surface area contributed by atoms with Gasteiger partial charge in [-0.25, -0.2) is 9.59 Å². The van der Waals surface area contributed by atoms with Crippen molar-refractivity contribution in [3.63, 3.8) is 0 Å². The molecule has 0 N–H and O–H groups in total. The molecular weight excluding hydrogens is 388 g/mol. The van der Waals surface area contributed by atoms with Crippen molar-refractivity contribution in [1.82, 2.24) is 0 Å². The highest BCUT2D eigenvalue weighted by Crippen LogP contribution is 2.28. The van der Waals surface area contributed by atoms with Crippen LogP contribution in [-0.2, 0) is 19.2 Å². The van der Waals surface area contributed by atoms with Crippen LogP contribution in [0, 0.1) is 11.3 Å². The zero-order valence-electron chi connectivity index (χ0n) is 16.3. The predicted octanol–water partition coefficient (Wildman–Crippen LogP) is 4.59. The molecular formula is C22H20N2O4S. The second kappa shape index (κ2) is 10.8. The predicted molar refractivity (Wildman–Crippen MR) is 111 cm³/mol. The molecule has 0 aliphatic carbocycles. The fourth-order valence-electron chi connectivity index (χ4n) is 2.23. The molecule has 6 nitrogen and oxygen atoms in total. The van der Waals surface area contributed by atoms with E-state index in [2.05, 4.69) is 9.99 Å². The lowest BCUT2D eigenvalue weighted by Crippen LogP contribution is -2.05. The van der Waals surface area contributed by atoms with Crippen molar-refractivity contribution in [2.75, 3.05) is 6.61 Å². The maximum Gasteiger partial charge on any atom is 0.348 e. The van der Waals surface area contributed by atoms with Gasteiger partial charge in [-0.15, -0.1) is 0 Å². The van der Waals surface area contributed by atoms with Crippen molar-refractivity contribution in [3.05, 3.63) is 65.2 Å². The van der Waals surface area contributed by atoms with Gasteiger partial charge in [-0.05, 0) is 55.3 Å². The molecule has 2 rings (SSSR count). The van der Waals surface area contributed by atoms with Crippen LogP contribution < -0.4 is 0 Å². The largest absolute Gasteiger partial charge is 0.462 e. The Morgan fingerprint density at radius 1 is 1.07 bits per heavy atom. The van der Waals surface area contributed by atoms with E-state index in [1.807, 2.05) is 54.6 Å². The molecule has 0 radical (unpaired) electrons. The number of oxime groups is 1. The second-order valence-electron chi connectivity index (χ2n) is 5.85. The van der Waals surface area contributed by atoms with E-state index in [4.69, 9.17) is 10.00 Å². The first-order chi connectivity index (χ1) is 13.9. The van der Waals surface area contributed by atoms with Gasteiger partial charge in [0.25, 0.3) is 0 Å². The molecule has 0 aliphatic rings. The van der Waals surface area contributed by atoms with Crippen LogP contribution >= 0.6 is 11.8 Å². The summed E-state index contributed by atoms with van der Waals surface area (Å²) in [6, 6.07) is 17.1. The van der Waals surface area contributed by atoms with Crippen LogP contribution in [0.15, 0.2) is 69.1 Å². The summed E-state index contributed by atoms with van der Waals surface area (Å²) in [7, 11) is 0. The van der Waals surface area contributed by atoms with Crippen LogP contribution in [0.5, 0.6) is 0 Å². The lowest BCUT2D eigenvalue weighted by molar-refractivity contribution is -0.141. The number of ether oxygens (including phenoxy) is 1. The zero-order valence-corrected chi connectivity index (χ0v) is 17.2. The van der Waals surface area contributed by atoms with Crippen molar-refractivity contribution >= 4 is 35.5 Å². The Morgan fingerprint density at radius 2 is 1.66 bits per heavy atom. The van der Waals surface area contributed by atoms with Crippen LogP contribution in [0.4, 0.5) is 0 Å². The Hall–Kier alpha value is -3.37. The molecule has 0 heterocycles. The maximum atomic E-state index is 11.7. The minimum Gasteiger partial charge on any atom is -0.462 e. The average Bonchev–Trinajstić information content (AvgIpc) is 2.72. The van der Waals surface area contributed by atoms with Gasteiger partial charge in [0.15, 0.2) is 0 Å². The van der Waals surface area contributed by atoms with Gasteiger partial charge >= 0.3 is 11.9 Å². The molecule has 0 bridgehead atoms. The van der Waals surface area contributed by atoms with E-state index < -0.39 is 11.9 Å². The molecule has 0 fully saturated rings. The van der Waals surface area contributed by atoms with Gasteiger partial charge in [0.1, 0.15) is 11.6 Å². The van der Waals surface area contributed by atoms with Gasteiger partial charge in [-0.2, -0.15) is 5.26 Å². The molecule has 0 saturated heterocycles. The van der Waals surface area contributed by atoms with Gasteiger partial charge in [0.05, 0.1) is 12.3 Å². The summed E-state index contributed by atoms with van der Waals surface area (Å²) in [6.07, 6.45) is 1.51. The Labute approximate surface area is 173 Å². The van der Waals surface area contributed by atoms with Crippen LogP contribution in [-0.4, -0.2) is 24.3 Å². The van der Waals surface area contributed by atoms with Gasteiger partial charge in [0.2, 0.25) is 0 Å². The summed E-state index contributed by atoms with van der Waals surface area (Å²) in [5.41, 5.74) is 2.18. The lowest BCUT2D eigenvalue weighted by Gasteiger charge is -2.05. The average molecular weight is 408 g/mol. The molecule has 0 aliphatic heterocycles. The number of carbonyl (C=O) groups excluding carboxylic acids is 2. The molecule has 0 amide bonds. The molecule has 0 atom stereocenters. The monoisotopic (exact) mass is 408 g/mol. The first-order valence-electron chi connectivity index (χ1n) is 8.82. The SMILES string of the molecule is CCOC(=O)C(C#N)=Cc1ccc(Sc2ccc(C(C)=NOC(C)=O)cc2)cc1. The van der Waals surface area contributed by atoms with Crippen LogP contribution in [0.25, 0.3) is 6.08 Å². The standard InChI is InChI=1S/C22H20N2O4S/c1-4-27-22(26)19(14-23)13-17-5-9-20(10-6-17)29-21-11-7-18(8-12-21)15(2)24-28-16(3)25/h5-13H,4H2,1-3H3. The number of rotatable bonds is 7. The maximum absolute atomic E-state index is 11.7. The molecule has 7 heteroatoms. The molecule has 148 valence electrons. The summed E-state index contributed by atoms with van der Waals surface area (Å²) in [5, 5.41) is 12.9. The first-order valence-corrected chi connectivity index (χ1v) is 9.64. The van der Waals surface area contributed by atoms with Gasteiger partial charge in [-0.3, -0.25) is 0 Å². The Morgan fingerprint density at radius 3 is 2.17 bits per heavy atom. The van der Waals surface area contributed by atoms with E-state index in [-0.39, 0.29) is 12.2 Å². The number of nitriles is 1. The van der Waals surface area contributed by atoms with E-state index in [9.17, 15) is 9.59 Å².